The van der Waals surface area contributed by atoms with E-state index in [1.807, 2.05) is 6.07 Å². The fourth-order valence-electron chi connectivity index (χ4n) is 12.4. The number of rotatable bonds is 5. The molecule has 15 rings (SSSR count). The van der Waals surface area contributed by atoms with Gasteiger partial charge in [-0.25, -0.2) is 9.97 Å². The summed E-state index contributed by atoms with van der Waals surface area (Å²) in [6, 6.07) is 93.5. The maximum atomic E-state index is 5.32. The average molecular weight is 899 g/mol. The molecule has 0 fully saturated rings. The first kappa shape index (κ1) is 39.7. The summed E-state index contributed by atoms with van der Waals surface area (Å²) in [4.78, 5) is 10.6. The van der Waals surface area contributed by atoms with Crippen molar-refractivity contribution in [1.82, 2.24) is 9.97 Å². The van der Waals surface area contributed by atoms with Crippen molar-refractivity contribution < 1.29 is 0 Å². The molecule has 0 amide bonds. The Morgan fingerprint density at radius 3 is 1.45 bits per heavy atom. The average Bonchev–Trinajstić information content (AvgIpc) is 3.91. The monoisotopic (exact) mass is 898 g/mol. The Morgan fingerprint density at radius 2 is 0.746 bits per heavy atom. The standard InChI is InChI=1S/C69H42N2/c1-2-17-46(18-3-1)68-70-65(42-66(71-68)48-35-39-64-60(41-48)56-26-12-15-29-63(56)69(64)61-27-13-10-24-54(61)55-25-11-14-28-62(55)69)45-32-30-44(31-33-45)50-37-38-57(53-23-9-8-22-52(50)53)67-51-21-7-5-19-47(51)40-59-49-20-6-4-16-43(49)34-36-58(59)67/h1-42H. The van der Waals surface area contributed by atoms with Gasteiger partial charge in [0.25, 0.3) is 0 Å². The molecule has 1 heterocycles. The van der Waals surface area contributed by atoms with Crippen LogP contribution >= 0.6 is 0 Å². The van der Waals surface area contributed by atoms with E-state index in [0.717, 1.165) is 33.6 Å². The first-order valence-corrected chi connectivity index (χ1v) is 24.6. The number of hydrogen-bond donors (Lipinski definition) is 0. The molecule has 2 aliphatic rings. The van der Waals surface area contributed by atoms with Crippen LogP contribution in [0.2, 0.25) is 0 Å². The SMILES string of the molecule is c1ccc(-c2nc(-c3ccc(-c4ccc(-c5c6ccccc6cc6c5ccc5ccccc56)c5ccccc45)cc3)cc(-c3ccc4c(c3)-c3ccccc3C43c4ccccc4-c4ccccc43)n2)cc1. The van der Waals surface area contributed by atoms with Gasteiger partial charge in [-0.05, 0) is 128 Å². The highest BCUT2D eigenvalue weighted by molar-refractivity contribution is 6.23. The van der Waals surface area contributed by atoms with Crippen LogP contribution in [0, 0.1) is 0 Å². The van der Waals surface area contributed by atoms with E-state index in [1.165, 1.54) is 104 Å². The third kappa shape index (κ3) is 5.83. The molecule has 2 heteroatoms. The van der Waals surface area contributed by atoms with Gasteiger partial charge in [0, 0.05) is 16.7 Å². The van der Waals surface area contributed by atoms with Crippen LogP contribution in [0.1, 0.15) is 22.3 Å². The maximum absolute atomic E-state index is 5.32. The fraction of sp³-hybridized carbons (Fsp3) is 0.0145. The van der Waals surface area contributed by atoms with Gasteiger partial charge in [-0.2, -0.15) is 0 Å². The number of benzene rings is 12. The Hall–Kier alpha value is -9.24. The second-order valence-corrected chi connectivity index (χ2v) is 19.1. The van der Waals surface area contributed by atoms with E-state index in [1.54, 1.807) is 0 Å². The van der Waals surface area contributed by atoms with Gasteiger partial charge in [-0.3, -0.25) is 0 Å². The number of fused-ring (bicyclic) bond motifs is 15. The lowest BCUT2D eigenvalue weighted by Crippen LogP contribution is -2.25. The van der Waals surface area contributed by atoms with Crippen molar-refractivity contribution in [1.29, 1.82) is 0 Å². The molecule has 0 bridgehead atoms. The van der Waals surface area contributed by atoms with Crippen LogP contribution in [0.15, 0.2) is 255 Å². The van der Waals surface area contributed by atoms with Crippen molar-refractivity contribution in [2.24, 2.45) is 0 Å². The largest absolute Gasteiger partial charge is 0.228 e. The highest BCUT2D eigenvalue weighted by Crippen LogP contribution is 2.63. The minimum Gasteiger partial charge on any atom is -0.228 e. The molecule has 1 aromatic heterocycles. The van der Waals surface area contributed by atoms with E-state index in [4.69, 9.17) is 9.97 Å². The van der Waals surface area contributed by atoms with E-state index < -0.39 is 5.41 Å². The zero-order valence-corrected chi connectivity index (χ0v) is 38.6. The Kier molecular flexibility index (Phi) is 8.61. The Labute approximate surface area is 411 Å². The highest BCUT2D eigenvalue weighted by atomic mass is 14.9. The van der Waals surface area contributed by atoms with Gasteiger partial charge < -0.3 is 0 Å². The molecule has 2 nitrogen and oxygen atoms in total. The Bertz CT molecular complexity index is 4290. The van der Waals surface area contributed by atoms with Crippen LogP contribution in [-0.2, 0) is 5.41 Å². The molecular formula is C69H42N2. The molecule has 0 saturated carbocycles. The zero-order valence-electron chi connectivity index (χ0n) is 38.6. The lowest BCUT2D eigenvalue weighted by molar-refractivity contribution is 0.794. The molecule has 1 spiro atoms. The molecule has 0 saturated heterocycles. The molecule has 0 atom stereocenters. The van der Waals surface area contributed by atoms with E-state index in [9.17, 15) is 0 Å². The van der Waals surface area contributed by atoms with E-state index in [2.05, 4.69) is 249 Å². The molecule has 0 radical (unpaired) electrons. The first-order chi connectivity index (χ1) is 35.2. The van der Waals surface area contributed by atoms with Gasteiger partial charge in [0.05, 0.1) is 16.8 Å². The summed E-state index contributed by atoms with van der Waals surface area (Å²) in [6.45, 7) is 0. The van der Waals surface area contributed by atoms with Crippen LogP contribution in [0.4, 0.5) is 0 Å². The van der Waals surface area contributed by atoms with E-state index in [0.29, 0.717) is 5.82 Å². The molecule has 0 aliphatic heterocycles. The zero-order chi connectivity index (χ0) is 46.6. The summed E-state index contributed by atoms with van der Waals surface area (Å²) in [6.07, 6.45) is 0. The van der Waals surface area contributed by atoms with Crippen LogP contribution in [0.3, 0.4) is 0 Å². The quantitative estimate of drug-likeness (QED) is 0.127. The summed E-state index contributed by atoms with van der Waals surface area (Å²) < 4.78 is 0. The Morgan fingerprint density at radius 1 is 0.239 bits per heavy atom. The third-order valence-electron chi connectivity index (χ3n) is 15.5. The van der Waals surface area contributed by atoms with Crippen LogP contribution in [0.5, 0.6) is 0 Å². The minimum atomic E-state index is -0.392. The predicted molar refractivity (Wildman–Crippen MR) is 296 cm³/mol. The Balaban J connectivity index is 0.852. The summed E-state index contributed by atoms with van der Waals surface area (Å²) in [5.41, 5.74) is 19.8. The van der Waals surface area contributed by atoms with Crippen molar-refractivity contribution in [3.05, 3.63) is 277 Å². The normalized spacial score (nSPS) is 12.9. The molecule has 2 aliphatic carbocycles. The van der Waals surface area contributed by atoms with Gasteiger partial charge in [-0.1, -0.05) is 237 Å². The second kappa shape index (κ2) is 15.4. The van der Waals surface area contributed by atoms with Gasteiger partial charge in [0.1, 0.15) is 0 Å². The molecule has 0 N–H and O–H groups in total. The first-order valence-electron chi connectivity index (χ1n) is 24.6. The lowest BCUT2D eigenvalue weighted by Gasteiger charge is -2.30. The number of aromatic nitrogens is 2. The topological polar surface area (TPSA) is 25.8 Å². The van der Waals surface area contributed by atoms with E-state index >= 15 is 0 Å². The van der Waals surface area contributed by atoms with Gasteiger partial charge in [0.2, 0.25) is 0 Å². The molecule has 328 valence electrons. The smallest absolute Gasteiger partial charge is 0.160 e. The summed E-state index contributed by atoms with van der Waals surface area (Å²) in [7, 11) is 0. The van der Waals surface area contributed by atoms with Crippen LogP contribution in [-0.4, -0.2) is 9.97 Å². The number of nitrogens with zero attached hydrogens (tertiary/aromatic N) is 2. The molecular weight excluding hydrogens is 857 g/mol. The minimum absolute atomic E-state index is 0.392. The van der Waals surface area contributed by atoms with Crippen molar-refractivity contribution >= 4 is 43.1 Å². The molecule has 0 unspecified atom stereocenters. The van der Waals surface area contributed by atoms with Gasteiger partial charge in [-0.15, -0.1) is 0 Å². The lowest BCUT2D eigenvalue weighted by atomic mass is 9.70. The van der Waals surface area contributed by atoms with Crippen molar-refractivity contribution in [2.45, 2.75) is 5.41 Å². The summed E-state index contributed by atoms with van der Waals surface area (Å²) in [5.74, 6) is 0.703. The van der Waals surface area contributed by atoms with Crippen LogP contribution in [0.25, 0.3) is 122 Å². The molecule has 12 aromatic carbocycles. The third-order valence-corrected chi connectivity index (χ3v) is 15.5. The number of hydrogen-bond acceptors (Lipinski definition) is 2. The van der Waals surface area contributed by atoms with E-state index in [-0.39, 0.29) is 0 Å². The van der Waals surface area contributed by atoms with Crippen molar-refractivity contribution in [2.75, 3.05) is 0 Å². The summed E-state index contributed by atoms with van der Waals surface area (Å²) in [5, 5.41) is 10.0. The predicted octanol–water partition coefficient (Wildman–Crippen LogP) is 17.8. The van der Waals surface area contributed by atoms with Crippen molar-refractivity contribution in [3.63, 3.8) is 0 Å². The highest BCUT2D eigenvalue weighted by Gasteiger charge is 2.51. The fourth-order valence-corrected chi connectivity index (χ4v) is 12.4. The van der Waals surface area contributed by atoms with Crippen molar-refractivity contribution in [3.8, 4) is 78.4 Å². The molecule has 71 heavy (non-hydrogen) atoms. The van der Waals surface area contributed by atoms with Gasteiger partial charge in [0.15, 0.2) is 5.82 Å². The summed E-state index contributed by atoms with van der Waals surface area (Å²) >= 11 is 0. The van der Waals surface area contributed by atoms with Gasteiger partial charge >= 0.3 is 0 Å². The maximum Gasteiger partial charge on any atom is 0.160 e. The second-order valence-electron chi connectivity index (χ2n) is 19.1. The molecule has 13 aromatic rings. The van der Waals surface area contributed by atoms with Crippen LogP contribution < -0.4 is 0 Å².